The third-order valence-electron chi connectivity index (χ3n) is 5.78. The molecular weight excluding hydrogens is 669 g/mol. The van der Waals surface area contributed by atoms with Crippen LogP contribution >= 0.6 is 57.9 Å². The number of nitrogens with zero attached hydrogens (tertiary/aromatic N) is 3. The minimum absolute atomic E-state index is 0.155. The van der Waals surface area contributed by atoms with E-state index >= 15 is 0 Å². The van der Waals surface area contributed by atoms with E-state index in [0.29, 0.717) is 41.6 Å². The minimum Gasteiger partial charge on any atom is -0.482 e. The first-order chi connectivity index (χ1) is 21.2. The number of hydrazone groups is 1. The average Bonchev–Trinajstić information content (AvgIpc) is 3.39. The highest BCUT2D eigenvalue weighted by atomic mass is 35.5. The standard InChI is InChI=1S/C29H18Cl3N5O5S2/c30-17-6-9-24(21(32)12-17)42-15-27(38)36-33-14-16-5-10-25(23(11-16)37(40)41)43-29-35-22-8-7-18(13-26(22)44-29)34-28(39)19-3-1-2-4-20(19)31/h1-14H,15H2,(H,34,39)(H,36,38)/b33-14-. The van der Waals surface area contributed by atoms with Gasteiger partial charge < -0.3 is 10.1 Å². The maximum atomic E-state index is 12.6. The van der Waals surface area contributed by atoms with Gasteiger partial charge in [0.1, 0.15) is 5.75 Å². The van der Waals surface area contributed by atoms with Crippen molar-refractivity contribution >= 4 is 97.5 Å². The number of nitro groups is 1. The molecule has 2 amide bonds. The second-order valence-electron chi connectivity index (χ2n) is 8.84. The summed E-state index contributed by atoms with van der Waals surface area (Å²) in [6.45, 7) is -0.355. The van der Waals surface area contributed by atoms with E-state index < -0.39 is 10.8 Å². The number of nitro benzene ring substituents is 1. The van der Waals surface area contributed by atoms with Crippen LogP contribution in [0.25, 0.3) is 10.2 Å². The molecule has 0 aliphatic heterocycles. The highest BCUT2D eigenvalue weighted by Gasteiger charge is 2.18. The molecule has 0 saturated heterocycles. The van der Waals surface area contributed by atoms with Gasteiger partial charge in [0.25, 0.3) is 17.5 Å². The first-order valence-electron chi connectivity index (χ1n) is 12.5. The lowest BCUT2D eigenvalue weighted by atomic mass is 10.2. The summed E-state index contributed by atoms with van der Waals surface area (Å²) in [5, 5.41) is 19.6. The molecule has 2 N–H and O–H groups in total. The van der Waals surface area contributed by atoms with Gasteiger partial charge in [0.2, 0.25) is 0 Å². The van der Waals surface area contributed by atoms with Crippen LogP contribution in [0.1, 0.15) is 15.9 Å². The van der Waals surface area contributed by atoms with E-state index in [2.05, 4.69) is 20.8 Å². The summed E-state index contributed by atoms with van der Waals surface area (Å²) >= 11 is 20.5. The molecule has 1 heterocycles. The SMILES string of the molecule is O=C(COc1ccc(Cl)cc1Cl)N/N=C\c1ccc(Sc2nc3ccc(NC(=O)c4ccccc4Cl)cc3s2)c([N+](=O)[O-])c1. The third-order valence-corrected chi connectivity index (χ3v) is 8.78. The predicted octanol–water partition coefficient (Wildman–Crippen LogP) is 8.10. The van der Waals surface area contributed by atoms with Gasteiger partial charge in [-0.15, -0.1) is 11.3 Å². The van der Waals surface area contributed by atoms with E-state index in [1.165, 1.54) is 35.8 Å². The highest BCUT2D eigenvalue weighted by molar-refractivity contribution is 8.01. The fourth-order valence-corrected chi connectivity index (χ4v) is 6.59. The lowest BCUT2D eigenvalue weighted by Gasteiger charge is -2.07. The number of amides is 2. The molecule has 44 heavy (non-hydrogen) atoms. The number of aromatic nitrogens is 1. The van der Waals surface area contributed by atoms with Gasteiger partial charge in [0, 0.05) is 22.3 Å². The van der Waals surface area contributed by atoms with Gasteiger partial charge in [-0.1, -0.05) is 64.8 Å². The third kappa shape index (κ3) is 7.84. The second kappa shape index (κ2) is 14.1. The number of ether oxygens (including phenoxy) is 1. The maximum Gasteiger partial charge on any atom is 0.283 e. The molecule has 0 saturated carbocycles. The Balaban J connectivity index is 1.23. The number of carbonyl (C=O) groups excluding carboxylic acids is 2. The topological polar surface area (TPSA) is 136 Å². The Morgan fingerprint density at radius 2 is 1.84 bits per heavy atom. The number of benzene rings is 4. The summed E-state index contributed by atoms with van der Waals surface area (Å²) in [7, 11) is 0. The molecule has 0 radical (unpaired) electrons. The van der Waals surface area contributed by atoms with Crippen molar-refractivity contribution < 1.29 is 19.2 Å². The Morgan fingerprint density at radius 1 is 1.02 bits per heavy atom. The van der Waals surface area contributed by atoms with Crippen molar-refractivity contribution in [2.75, 3.05) is 11.9 Å². The molecule has 0 spiro atoms. The number of halogens is 3. The van der Waals surface area contributed by atoms with Crippen molar-refractivity contribution in [2.45, 2.75) is 9.24 Å². The van der Waals surface area contributed by atoms with Crippen molar-refractivity contribution in [2.24, 2.45) is 5.10 Å². The quantitative estimate of drug-likeness (QED) is 0.0861. The predicted molar refractivity (Wildman–Crippen MR) is 174 cm³/mol. The fraction of sp³-hybridized carbons (Fsp3) is 0.0345. The maximum absolute atomic E-state index is 12.6. The Kier molecular flexibility index (Phi) is 9.98. The normalized spacial score (nSPS) is 11.1. The molecule has 1 aromatic heterocycles. The van der Waals surface area contributed by atoms with Crippen LogP contribution in [0.4, 0.5) is 11.4 Å². The van der Waals surface area contributed by atoms with Gasteiger partial charge in [-0.2, -0.15) is 5.10 Å². The van der Waals surface area contributed by atoms with Gasteiger partial charge in [-0.25, -0.2) is 10.4 Å². The van der Waals surface area contributed by atoms with Crippen LogP contribution in [0.5, 0.6) is 5.75 Å². The first kappa shape index (κ1) is 31.2. The zero-order valence-corrected chi connectivity index (χ0v) is 26.0. The number of carbonyl (C=O) groups is 2. The van der Waals surface area contributed by atoms with Crippen LogP contribution in [-0.4, -0.2) is 34.5 Å². The number of hydrogen-bond donors (Lipinski definition) is 2. The van der Waals surface area contributed by atoms with E-state index in [9.17, 15) is 19.7 Å². The zero-order valence-electron chi connectivity index (χ0n) is 22.1. The molecule has 0 unspecified atom stereocenters. The lowest BCUT2D eigenvalue weighted by Crippen LogP contribution is -2.24. The van der Waals surface area contributed by atoms with Crippen LogP contribution in [-0.2, 0) is 4.79 Å². The summed E-state index contributed by atoms with van der Waals surface area (Å²) < 4.78 is 6.71. The Labute approximate surface area is 273 Å². The second-order valence-corrected chi connectivity index (χ2v) is 12.4. The van der Waals surface area contributed by atoms with Gasteiger partial charge in [0.15, 0.2) is 10.9 Å². The van der Waals surface area contributed by atoms with E-state index in [1.54, 1.807) is 60.7 Å². The van der Waals surface area contributed by atoms with Crippen molar-refractivity contribution in [3.05, 3.63) is 115 Å². The molecule has 5 aromatic rings. The number of fused-ring (bicyclic) bond motifs is 1. The Hall–Kier alpha value is -4.20. The van der Waals surface area contributed by atoms with E-state index in [0.717, 1.165) is 16.5 Å². The monoisotopic (exact) mass is 685 g/mol. The van der Waals surface area contributed by atoms with Crippen LogP contribution in [0.2, 0.25) is 15.1 Å². The number of rotatable bonds is 10. The molecule has 0 atom stereocenters. The van der Waals surface area contributed by atoms with Crippen LogP contribution < -0.4 is 15.5 Å². The largest absolute Gasteiger partial charge is 0.482 e. The Bertz CT molecular complexity index is 1940. The number of anilines is 1. The molecule has 0 fully saturated rings. The zero-order chi connectivity index (χ0) is 31.2. The molecule has 10 nitrogen and oxygen atoms in total. The summed E-state index contributed by atoms with van der Waals surface area (Å²) in [5.74, 6) is -0.618. The average molecular weight is 687 g/mol. The molecule has 5 rings (SSSR count). The minimum atomic E-state index is -0.559. The van der Waals surface area contributed by atoms with Crippen molar-refractivity contribution in [1.29, 1.82) is 0 Å². The van der Waals surface area contributed by atoms with E-state index in [4.69, 9.17) is 39.5 Å². The summed E-state index contributed by atoms with van der Waals surface area (Å²) in [5.41, 5.74) is 4.13. The molecule has 0 bridgehead atoms. The van der Waals surface area contributed by atoms with Gasteiger partial charge in [-0.05, 0) is 54.6 Å². The molecule has 15 heteroatoms. The fourth-order valence-electron chi connectivity index (χ4n) is 3.75. The lowest BCUT2D eigenvalue weighted by molar-refractivity contribution is -0.387. The highest BCUT2D eigenvalue weighted by Crippen LogP contribution is 2.39. The van der Waals surface area contributed by atoms with E-state index in [1.807, 2.05) is 0 Å². The van der Waals surface area contributed by atoms with Gasteiger partial charge in [0.05, 0.1) is 41.9 Å². The van der Waals surface area contributed by atoms with Crippen molar-refractivity contribution in [3.63, 3.8) is 0 Å². The van der Waals surface area contributed by atoms with E-state index in [-0.39, 0.29) is 29.0 Å². The molecule has 0 aliphatic rings. The smallest absolute Gasteiger partial charge is 0.283 e. The number of hydrogen-bond acceptors (Lipinski definition) is 9. The number of nitrogens with one attached hydrogen (secondary N) is 2. The summed E-state index contributed by atoms with van der Waals surface area (Å²) in [6, 6.07) is 21.2. The molecule has 222 valence electrons. The molecule has 0 aliphatic carbocycles. The Morgan fingerprint density at radius 3 is 2.61 bits per heavy atom. The van der Waals surface area contributed by atoms with Crippen LogP contribution in [0, 0.1) is 10.1 Å². The summed E-state index contributed by atoms with van der Waals surface area (Å²) in [6.07, 6.45) is 1.28. The summed E-state index contributed by atoms with van der Waals surface area (Å²) in [4.78, 5) is 41.0. The van der Waals surface area contributed by atoms with Crippen LogP contribution in [0.3, 0.4) is 0 Å². The van der Waals surface area contributed by atoms with Gasteiger partial charge in [-0.3, -0.25) is 19.7 Å². The van der Waals surface area contributed by atoms with Crippen molar-refractivity contribution in [1.82, 2.24) is 10.4 Å². The first-order valence-corrected chi connectivity index (χ1v) is 15.3. The molecular formula is C29H18Cl3N5O5S2. The van der Waals surface area contributed by atoms with Crippen LogP contribution in [0.15, 0.2) is 93.2 Å². The van der Waals surface area contributed by atoms with Gasteiger partial charge >= 0.3 is 0 Å². The number of thiazole rings is 1. The molecule has 4 aromatic carbocycles. The van der Waals surface area contributed by atoms with Crippen molar-refractivity contribution in [3.8, 4) is 5.75 Å².